The lowest BCUT2D eigenvalue weighted by Crippen LogP contribution is -2.33. The van der Waals surface area contributed by atoms with Crippen molar-refractivity contribution < 1.29 is 14.3 Å². The van der Waals surface area contributed by atoms with Crippen molar-refractivity contribution in [2.45, 2.75) is 32.5 Å². The normalized spacial score (nSPS) is 16.1. The topological polar surface area (TPSA) is 42.0 Å². The predicted octanol–water partition coefficient (Wildman–Crippen LogP) is 8.31. The van der Waals surface area contributed by atoms with Gasteiger partial charge in [0.25, 0.3) is 0 Å². The highest BCUT2D eigenvalue weighted by Crippen LogP contribution is 2.57. The predicted molar refractivity (Wildman–Crippen MR) is 171 cm³/mol. The Morgan fingerprint density at radius 3 is 1.65 bits per heavy atom. The van der Waals surface area contributed by atoms with Gasteiger partial charge >= 0.3 is 5.97 Å². The molecular formula is C38H34N2O3. The summed E-state index contributed by atoms with van der Waals surface area (Å²) >= 11 is 0. The van der Waals surface area contributed by atoms with Crippen molar-refractivity contribution in [3.05, 3.63) is 155 Å². The van der Waals surface area contributed by atoms with Crippen LogP contribution in [-0.4, -0.2) is 19.1 Å². The van der Waals surface area contributed by atoms with E-state index in [-0.39, 0.29) is 5.97 Å². The third kappa shape index (κ3) is 4.62. The van der Waals surface area contributed by atoms with Crippen LogP contribution in [0.15, 0.2) is 121 Å². The average Bonchev–Trinajstić information content (AvgIpc) is 3.34. The van der Waals surface area contributed by atoms with Crippen LogP contribution in [0, 0.1) is 0 Å². The second kappa shape index (κ2) is 11.0. The quantitative estimate of drug-likeness (QED) is 0.177. The van der Waals surface area contributed by atoms with Crippen LogP contribution in [0.3, 0.4) is 0 Å². The van der Waals surface area contributed by atoms with Gasteiger partial charge in [-0.2, -0.15) is 0 Å². The van der Waals surface area contributed by atoms with E-state index in [9.17, 15) is 4.79 Å². The van der Waals surface area contributed by atoms with Crippen LogP contribution in [-0.2, 0) is 23.4 Å². The highest BCUT2D eigenvalue weighted by molar-refractivity contribution is 5.97. The molecule has 5 aromatic carbocycles. The molecule has 0 saturated heterocycles. The molecule has 0 bridgehead atoms. The van der Waals surface area contributed by atoms with Gasteiger partial charge in [-0.25, -0.2) is 4.79 Å². The molecule has 0 fully saturated rings. The molecule has 0 radical (unpaired) electrons. The number of fused-ring (bicyclic) bond motifs is 6. The van der Waals surface area contributed by atoms with Gasteiger partial charge in [-0.1, -0.05) is 78.9 Å². The monoisotopic (exact) mass is 566 g/mol. The number of nitrogens with zero attached hydrogens (tertiary/aromatic N) is 2. The number of esters is 1. The van der Waals surface area contributed by atoms with Crippen molar-refractivity contribution in [3.63, 3.8) is 0 Å². The van der Waals surface area contributed by atoms with Crippen molar-refractivity contribution in [3.8, 4) is 11.5 Å². The smallest absolute Gasteiger partial charge is 0.340 e. The maximum atomic E-state index is 13.3. The van der Waals surface area contributed by atoms with Crippen LogP contribution >= 0.6 is 0 Å². The van der Waals surface area contributed by atoms with Crippen molar-refractivity contribution in [2.75, 3.05) is 22.9 Å². The van der Waals surface area contributed by atoms with Crippen LogP contribution in [0.5, 0.6) is 11.5 Å². The molecule has 2 heterocycles. The van der Waals surface area contributed by atoms with E-state index in [4.69, 9.17) is 9.47 Å². The maximum Gasteiger partial charge on any atom is 0.340 e. The Hall–Kier alpha value is -5.03. The first-order valence-corrected chi connectivity index (χ1v) is 15.0. The second-order valence-corrected chi connectivity index (χ2v) is 11.1. The number of benzene rings is 5. The Balaban J connectivity index is 1.38. The summed E-state index contributed by atoms with van der Waals surface area (Å²) in [6.45, 7) is 7.53. The SMILES string of the molecule is CCN(CC)c1ccc2c(c1)Oc1cc(N(Cc3ccccc3)Cc3ccccc3)ccc1C21OC(=O)c2ccccc21. The first kappa shape index (κ1) is 26.8. The summed E-state index contributed by atoms with van der Waals surface area (Å²) in [4.78, 5) is 18.0. The van der Waals surface area contributed by atoms with Gasteiger partial charge in [0, 0.05) is 66.4 Å². The molecule has 5 nitrogen and oxygen atoms in total. The largest absolute Gasteiger partial charge is 0.456 e. The van der Waals surface area contributed by atoms with Crippen LogP contribution in [0.25, 0.3) is 0 Å². The molecule has 0 aliphatic carbocycles. The fraction of sp³-hybridized carbons (Fsp3) is 0.184. The standard InChI is InChI=1S/C38H34N2O3/c1-3-39(4-2)29-19-21-33-35(23-29)42-36-24-30(20-22-34(36)38(33)32-18-12-11-17-31(32)37(41)43-38)40(25-27-13-7-5-8-14-27)26-28-15-9-6-10-16-28/h5-24H,3-4,25-26H2,1-2H3. The lowest BCUT2D eigenvalue weighted by molar-refractivity contribution is 0.0224. The van der Waals surface area contributed by atoms with E-state index < -0.39 is 5.60 Å². The van der Waals surface area contributed by atoms with Gasteiger partial charge in [0.05, 0.1) is 5.56 Å². The summed E-state index contributed by atoms with van der Waals surface area (Å²) in [5.74, 6) is 1.08. The van der Waals surface area contributed by atoms with Gasteiger partial charge in [-0.05, 0) is 55.3 Å². The van der Waals surface area contributed by atoms with Crippen molar-refractivity contribution in [1.29, 1.82) is 0 Å². The molecule has 0 saturated carbocycles. The van der Waals surface area contributed by atoms with Crippen LogP contribution in [0.2, 0.25) is 0 Å². The van der Waals surface area contributed by atoms with Crippen molar-refractivity contribution in [2.24, 2.45) is 0 Å². The molecule has 2 aliphatic rings. The average molecular weight is 567 g/mol. The first-order chi connectivity index (χ1) is 21.1. The number of carbonyl (C=O) groups is 1. The second-order valence-electron chi connectivity index (χ2n) is 11.1. The Kier molecular flexibility index (Phi) is 6.86. The fourth-order valence-electron chi connectivity index (χ4n) is 6.48. The Labute approximate surface area is 252 Å². The molecule has 0 N–H and O–H groups in total. The summed E-state index contributed by atoms with van der Waals surface area (Å²) in [5.41, 5.74) is 6.58. The van der Waals surface area contributed by atoms with E-state index in [0.717, 1.165) is 54.2 Å². The molecular weight excluding hydrogens is 532 g/mol. The maximum absolute atomic E-state index is 13.3. The number of anilines is 2. The lowest BCUT2D eigenvalue weighted by Gasteiger charge is -2.38. The zero-order chi connectivity index (χ0) is 29.4. The summed E-state index contributed by atoms with van der Waals surface area (Å²) in [6.07, 6.45) is 0. The van der Waals surface area contributed by atoms with Crippen LogP contribution < -0.4 is 14.5 Å². The van der Waals surface area contributed by atoms with Gasteiger partial charge in [0.2, 0.25) is 0 Å². The van der Waals surface area contributed by atoms with Gasteiger partial charge < -0.3 is 19.3 Å². The number of ether oxygens (including phenoxy) is 2. The molecule has 1 unspecified atom stereocenters. The van der Waals surface area contributed by atoms with E-state index in [2.05, 4.69) is 109 Å². The summed E-state index contributed by atoms with van der Waals surface area (Å²) in [5, 5.41) is 0. The minimum absolute atomic E-state index is 0.318. The summed E-state index contributed by atoms with van der Waals surface area (Å²) < 4.78 is 13.2. The van der Waals surface area contributed by atoms with E-state index in [1.54, 1.807) is 0 Å². The third-order valence-electron chi connectivity index (χ3n) is 8.61. The number of hydrogen-bond acceptors (Lipinski definition) is 5. The van der Waals surface area contributed by atoms with E-state index in [0.29, 0.717) is 17.1 Å². The van der Waals surface area contributed by atoms with Gasteiger partial charge in [0.1, 0.15) is 11.5 Å². The first-order valence-electron chi connectivity index (χ1n) is 15.0. The molecule has 43 heavy (non-hydrogen) atoms. The number of rotatable bonds is 8. The molecule has 2 aliphatic heterocycles. The zero-order valence-corrected chi connectivity index (χ0v) is 24.5. The molecule has 0 amide bonds. The highest BCUT2D eigenvalue weighted by atomic mass is 16.6. The van der Waals surface area contributed by atoms with Gasteiger partial charge in [0.15, 0.2) is 5.60 Å². The van der Waals surface area contributed by atoms with Crippen molar-refractivity contribution >= 4 is 17.3 Å². The van der Waals surface area contributed by atoms with Crippen molar-refractivity contribution in [1.82, 2.24) is 0 Å². The highest BCUT2D eigenvalue weighted by Gasteiger charge is 2.53. The minimum Gasteiger partial charge on any atom is -0.456 e. The third-order valence-corrected chi connectivity index (χ3v) is 8.61. The van der Waals surface area contributed by atoms with E-state index in [1.165, 1.54) is 11.1 Å². The number of hydrogen-bond donors (Lipinski definition) is 0. The lowest BCUT2D eigenvalue weighted by atomic mass is 9.77. The summed E-state index contributed by atoms with van der Waals surface area (Å²) in [6, 6.07) is 41.3. The molecule has 214 valence electrons. The Morgan fingerprint density at radius 2 is 1.09 bits per heavy atom. The van der Waals surface area contributed by atoms with Crippen LogP contribution in [0.1, 0.15) is 52.0 Å². The molecule has 5 heteroatoms. The summed E-state index contributed by atoms with van der Waals surface area (Å²) in [7, 11) is 0. The van der Waals surface area contributed by atoms with E-state index >= 15 is 0 Å². The molecule has 5 aromatic rings. The van der Waals surface area contributed by atoms with E-state index in [1.807, 2.05) is 36.4 Å². The van der Waals surface area contributed by atoms with Gasteiger partial charge in [-0.15, -0.1) is 0 Å². The van der Waals surface area contributed by atoms with Crippen LogP contribution in [0.4, 0.5) is 11.4 Å². The number of carbonyl (C=O) groups excluding carboxylic acids is 1. The molecule has 1 atom stereocenters. The Bertz CT molecular complexity index is 1740. The molecule has 7 rings (SSSR count). The van der Waals surface area contributed by atoms with Gasteiger partial charge in [-0.3, -0.25) is 0 Å². The Morgan fingerprint density at radius 1 is 0.581 bits per heavy atom. The fourth-order valence-corrected chi connectivity index (χ4v) is 6.48. The minimum atomic E-state index is -1.08. The molecule has 1 spiro atoms. The zero-order valence-electron chi connectivity index (χ0n) is 24.5. The molecule has 0 aromatic heterocycles.